The summed E-state index contributed by atoms with van der Waals surface area (Å²) in [6, 6.07) is 9.36. The number of phenolic OH excluding ortho intramolecular Hbond substituents is 1. The van der Waals surface area contributed by atoms with E-state index in [2.05, 4.69) is 0 Å². The number of hydrogen-bond acceptors (Lipinski definition) is 6. The predicted molar refractivity (Wildman–Crippen MR) is 95.3 cm³/mol. The second-order valence-corrected chi connectivity index (χ2v) is 7.05. The van der Waals surface area contributed by atoms with Crippen molar-refractivity contribution >= 4 is 11.0 Å². The molecule has 1 aliphatic rings. The number of aromatic hydroxyl groups is 1. The van der Waals surface area contributed by atoms with Crippen LogP contribution < -0.4 is 10.2 Å². The molecule has 0 radical (unpaired) electrons. The molecule has 0 unspecified atom stereocenters. The van der Waals surface area contributed by atoms with Crippen molar-refractivity contribution in [2.45, 2.75) is 31.7 Å². The standard InChI is InChI=1S/C20H18O6/c1-20(2,24)19-18(23)13-7-10(3-6-15(13)26-19)14-9-25-16-8-11(21)4-5-12(16)17(14)22/h3-9,18-19,21,23-24H,1-2H3/t18-,19-/m1/s1. The molecule has 1 aromatic heterocycles. The van der Waals surface area contributed by atoms with Crippen LogP contribution in [0.5, 0.6) is 11.5 Å². The first kappa shape index (κ1) is 16.6. The number of benzene rings is 2. The van der Waals surface area contributed by atoms with Crippen molar-refractivity contribution in [2.75, 3.05) is 0 Å². The van der Waals surface area contributed by atoms with Crippen LogP contribution in [-0.4, -0.2) is 27.0 Å². The van der Waals surface area contributed by atoms with Gasteiger partial charge in [0.2, 0.25) is 0 Å². The minimum Gasteiger partial charge on any atom is -0.508 e. The smallest absolute Gasteiger partial charge is 0.200 e. The maximum Gasteiger partial charge on any atom is 0.200 e. The lowest BCUT2D eigenvalue weighted by Gasteiger charge is -2.27. The lowest BCUT2D eigenvalue weighted by molar-refractivity contribution is -0.0762. The molecule has 2 aromatic carbocycles. The Morgan fingerprint density at radius 3 is 2.62 bits per heavy atom. The molecule has 0 saturated carbocycles. The molecular weight excluding hydrogens is 336 g/mol. The van der Waals surface area contributed by atoms with Crippen molar-refractivity contribution in [3.63, 3.8) is 0 Å². The lowest BCUT2D eigenvalue weighted by atomic mass is 9.93. The second-order valence-electron chi connectivity index (χ2n) is 7.05. The Labute approximate surface area is 148 Å². The Morgan fingerprint density at radius 2 is 1.88 bits per heavy atom. The largest absolute Gasteiger partial charge is 0.508 e. The van der Waals surface area contributed by atoms with Gasteiger partial charge in [-0.25, -0.2) is 0 Å². The van der Waals surface area contributed by atoms with Gasteiger partial charge in [0.15, 0.2) is 11.5 Å². The topological polar surface area (TPSA) is 100 Å². The van der Waals surface area contributed by atoms with Crippen LogP contribution in [0.15, 0.2) is 51.9 Å². The van der Waals surface area contributed by atoms with Crippen LogP contribution in [0, 0.1) is 0 Å². The molecule has 0 aliphatic carbocycles. The van der Waals surface area contributed by atoms with Gasteiger partial charge < -0.3 is 24.5 Å². The summed E-state index contributed by atoms with van der Waals surface area (Å²) in [7, 11) is 0. The van der Waals surface area contributed by atoms with Crippen LogP contribution in [0.2, 0.25) is 0 Å². The number of phenols is 1. The molecule has 6 nitrogen and oxygen atoms in total. The first-order chi connectivity index (χ1) is 12.3. The number of aliphatic hydroxyl groups excluding tert-OH is 1. The van der Waals surface area contributed by atoms with Crippen LogP contribution in [0.4, 0.5) is 0 Å². The van der Waals surface area contributed by atoms with Gasteiger partial charge in [0, 0.05) is 11.6 Å². The van der Waals surface area contributed by atoms with Gasteiger partial charge in [0.1, 0.15) is 29.4 Å². The fraction of sp³-hybridized carbons (Fsp3) is 0.250. The van der Waals surface area contributed by atoms with Gasteiger partial charge >= 0.3 is 0 Å². The molecule has 4 rings (SSSR count). The van der Waals surface area contributed by atoms with Crippen molar-refractivity contribution < 1.29 is 24.5 Å². The molecule has 134 valence electrons. The summed E-state index contributed by atoms with van der Waals surface area (Å²) < 4.78 is 11.1. The van der Waals surface area contributed by atoms with E-state index < -0.39 is 17.8 Å². The first-order valence-corrected chi connectivity index (χ1v) is 8.21. The molecule has 0 amide bonds. The van der Waals surface area contributed by atoms with E-state index in [0.717, 1.165) is 0 Å². The minimum atomic E-state index is -1.22. The Morgan fingerprint density at radius 1 is 1.12 bits per heavy atom. The van der Waals surface area contributed by atoms with E-state index in [-0.39, 0.29) is 11.2 Å². The average Bonchev–Trinajstić information content (AvgIpc) is 2.92. The number of ether oxygens (including phenoxy) is 1. The quantitative estimate of drug-likeness (QED) is 0.654. The van der Waals surface area contributed by atoms with E-state index in [0.29, 0.717) is 33.4 Å². The Kier molecular flexibility index (Phi) is 3.57. The van der Waals surface area contributed by atoms with Crippen molar-refractivity contribution in [1.82, 2.24) is 0 Å². The molecule has 2 heterocycles. The van der Waals surface area contributed by atoms with Crippen LogP contribution in [0.3, 0.4) is 0 Å². The van der Waals surface area contributed by atoms with Gasteiger partial charge in [-0.15, -0.1) is 0 Å². The third kappa shape index (κ3) is 2.55. The van der Waals surface area contributed by atoms with Crippen LogP contribution >= 0.6 is 0 Å². The molecule has 0 fully saturated rings. The van der Waals surface area contributed by atoms with Gasteiger partial charge in [0.05, 0.1) is 16.6 Å². The Bertz CT molecular complexity index is 1060. The highest BCUT2D eigenvalue weighted by atomic mass is 16.5. The second kappa shape index (κ2) is 5.59. The van der Waals surface area contributed by atoms with Crippen molar-refractivity contribution in [2.24, 2.45) is 0 Å². The summed E-state index contributed by atoms with van der Waals surface area (Å²) in [5.41, 5.74) is 0.267. The lowest BCUT2D eigenvalue weighted by Crippen LogP contribution is -2.41. The third-order valence-electron chi connectivity index (χ3n) is 4.63. The zero-order valence-corrected chi connectivity index (χ0v) is 14.3. The summed E-state index contributed by atoms with van der Waals surface area (Å²) in [5, 5.41) is 30.5. The molecule has 0 spiro atoms. The van der Waals surface area contributed by atoms with E-state index in [1.807, 2.05) is 0 Å². The summed E-state index contributed by atoms with van der Waals surface area (Å²) in [5.74, 6) is 0.493. The van der Waals surface area contributed by atoms with Crippen LogP contribution in [0.1, 0.15) is 25.5 Å². The first-order valence-electron chi connectivity index (χ1n) is 8.21. The molecule has 6 heteroatoms. The van der Waals surface area contributed by atoms with E-state index in [1.54, 1.807) is 32.0 Å². The van der Waals surface area contributed by atoms with E-state index in [9.17, 15) is 20.1 Å². The molecule has 0 bridgehead atoms. The SMILES string of the molecule is CC(C)(O)[C@@H]1Oc2ccc(-c3coc4cc(O)ccc4c3=O)cc2[C@H]1O. The molecule has 26 heavy (non-hydrogen) atoms. The monoisotopic (exact) mass is 354 g/mol. The fourth-order valence-corrected chi connectivity index (χ4v) is 3.27. The zero-order valence-electron chi connectivity index (χ0n) is 14.3. The van der Waals surface area contributed by atoms with E-state index >= 15 is 0 Å². The molecule has 1 aliphatic heterocycles. The third-order valence-corrected chi connectivity index (χ3v) is 4.63. The van der Waals surface area contributed by atoms with Gasteiger partial charge in [0.25, 0.3) is 0 Å². The van der Waals surface area contributed by atoms with Gasteiger partial charge in [-0.1, -0.05) is 6.07 Å². The van der Waals surface area contributed by atoms with E-state index in [4.69, 9.17) is 9.15 Å². The fourth-order valence-electron chi connectivity index (χ4n) is 3.27. The summed E-state index contributed by atoms with van der Waals surface area (Å²) in [6.45, 7) is 3.14. The molecule has 3 N–H and O–H groups in total. The summed E-state index contributed by atoms with van der Waals surface area (Å²) >= 11 is 0. The molecule has 2 atom stereocenters. The van der Waals surface area contributed by atoms with E-state index in [1.165, 1.54) is 24.5 Å². The van der Waals surface area contributed by atoms with Crippen LogP contribution in [-0.2, 0) is 0 Å². The number of fused-ring (bicyclic) bond motifs is 2. The average molecular weight is 354 g/mol. The maximum atomic E-state index is 12.8. The van der Waals surface area contributed by atoms with Crippen molar-refractivity contribution in [3.8, 4) is 22.6 Å². The highest BCUT2D eigenvalue weighted by molar-refractivity contribution is 5.82. The van der Waals surface area contributed by atoms with Crippen molar-refractivity contribution in [1.29, 1.82) is 0 Å². The zero-order chi connectivity index (χ0) is 18.6. The van der Waals surface area contributed by atoms with Crippen molar-refractivity contribution in [3.05, 3.63) is 58.4 Å². The van der Waals surface area contributed by atoms with Gasteiger partial charge in [-0.05, 0) is 43.7 Å². The summed E-state index contributed by atoms with van der Waals surface area (Å²) in [6.07, 6.45) is -0.459. The molecule has 0 saturated heterocycles. The highest BCUT2D eigenvalue weighted by Crippen LogP contribution is 2.42. The van der Waals surface area contributed by atoms with Gasteiger partial charge in [-0.3, -0.25) is 4.79 Å². The molecule has 3 aromatic rings. The Hall–Kier alpha value is -2.83. The Balaban J connectivity index is 1.81. The number of aliphatic hydroxyl groups is 2. The normalized spacial score (nSPS) is 19.4. The molecular formula is C20H18O6. The number of rotatable bonds is 2. The maximum absolute atomic E-state index is 12.8. The minimum absolute atomic E-state index is 0.0175. The highest BCUT2D eigenvalue weighted by Gasteiger charge is 2.42. The van der Waals surface area contributed by atoms with Gasteiger partial charge in [-0.2, -0.15) is 0 Å². The predicted octanol–water partition coefficient (Wildman–Crippen LogP) is 2.73. The number of hydrogen-bond donors (Lipinski definition) is 3. The van der Waals surface area contributed by atoms with Crippen LogP contribution in [0.25, 0.3) is 22.1 Å². The summed E-state index contributed by atoms with van der Waals surface area (Å²) in [4.78, 5) is 12.8.